The molecule has 1 aromatic heterocycles. The highest BCUT2D eigenvalue weighted by Gasteiger charge is 2.10. The van der Waals surface area contributed by atoms with Gasteiger partial charge in [-0.1, -0.05) is 0 Å². The molecule has 3 rings (SSSR count). The molecule has 5 nitrogen and oxygen atoms in total. The average molecular weight is 244 g/mol. The van der Waals surface area contributed by atoms with Crippen molar-refractivity contribution in [3.63, 3.8) is 0 Å². The van der Waals surface area contributed by atoms with E-state index in [9.17, 15) is 0 Å². The number of morpholine rings is 1. The van der Waals surface area contributed by atoms with Crippen LogP contribution < -0.4 is 10.2 Å². The molecule has 1 saturated heterocycles. The van der Waals surface area contributed by atoms with Crippen LogP contribution in [0.2, 0.25) is 0 Å². The number of nitrogens with one attached hydrogen (secondary N) is 2. The van der Waals surface area contributed by atoms with Crippen molar-refractivity contribution >= 4 is 17.1 Å². The second-order valence-corrected chi connectivity index (χ2v) is 4.26. The number of rotatable bonds is 3. The van der Waals surface area contributed by atoms with Crippen LogP contribution in [-0.2, 0) is 4.74 Å². The summed E-state index contributed by atoms with van der Waals surface area (Å²) < 4.78 is 5.35. The molecule has 0 amide bonds. The summed E-state index contributed by atoms with van der Waals surface area (Å²) in [4.78, 5) is 2.34. The zero-order valence-electron chi connectivity index (χ0n) is 10.1. The van der Waals surface area contributed by atoms with Crippen LogP contribution in [-0.4, -0.2) is 36.5 Å². The molecule has 94 valence electrons. The normalized spacial score (nSPS) is 15.7. The van der Waals surface area contributed by atoms with Gasteiger partial charge in [0.15, 0.2) is 0 Å². The molecule has 2 aromatic rings. The van der Waals surface area contributed by atoms with E-state index in [4.69, 9.17) is 4.74 Å². The van der Waals surface area contributed by atoms with Crippen molar-refractivity contribution in [2.45, 2.75) is 0 Å². The Hall–Kier alpha value is -2.01. The third kappa shape index (κ3) is 2.46. The summed E-state index contributed by atoms with van der Waals surface area (Å²) in [6, 6.07) is 8.43. The molecule has 2 N–H and O–H groups in total. The quantitative estimate of drug-likeness (QED) is 0.867. The Morgan fingerprint density at radius 3 is 2.56 bits per heavy atom. The first kappa shape index (κ1) is 11.1. The molecule has 0 saturated carbocycles. The Morgan fingerprint density at radius 2 is 1.89 bits per heavy atom. The van der Waals surface area contributed by atoms with Crippen LogP contribution in [0.1, 0.15) is 0 Å². The van der Waals surface area contributed by atoms with Gasteiger partial charge in [-0.15, -0.1) is 0 Å². The maximum absolute atomic E-state index is 5.35. The van der Waals surface area contributed by atoms with Gasteiger partial charge >= 0.3 is 0 Å². The van der Waals surface area contributed by atoms with Gasteiger partial charge in [-0.05, 0) is 24.3 Å². The number of hydrogen-bond acceptors (Lipinski definition) is 4. The van der Waals surface area contributed by atoms with Gasteiger partial charge in [0.2, 0.25) is 0 Å². The summed E-state index contributed by atoms with van der Waals surface area (Å²) in [5.74, 6) is 0. The summed E-state index contributed by atoms with van der Waals surface area (Å²) in [5, 5.41) is 9.96. The average Bonchev–Trinajstić information content (AvgIpc) is 2.94. The van der Waals surface area contributed by atoms with Gasteiger partial charge in [0.05, 0.1) is 25.1 Å². The SMILES string of the molecule is c1cc(N2CCOCC2)ccc1Nc1cn[nH]c1. The first-order valence-corrected chi connectivity index (χ1v) is 6.10. The van der Waals surface area contributed by atoms with Gasteiger partial charge in [0, 0.05) is 30.7 Å². The van der Waals surface area contributed by atoms with E-state index in [-0.39, 0.29) is 0 Å². The molecule has 5 heteroatoms. The first-order valence-electron chi connectivity index (χ1n) is 6.10. The van der Waals surface area contributed by atoms with Crippen LogP contribution in [0.5, 0.6) is 0 Å². The molecule has 0 spiro atoms. The van der Waals surface area contributed by atoms with E-state index in [0.717, 1.165) is 37.7 Å². The van der Waals surface area contributed by atoms with Gasteiger partial charge in [-0.25, -0.2) is 0 Å². The molecule has 1 aromatic carbocycles. The fourth-order valence-electron chi connectivity index (χ4n) is 2.06. The summed E-state index contributed by atoms with van der Waals surface area (Å²) in [5.41, 5.74) is 3.28. The lowest BCUT2D eigenvalue weighted by Crippen LogP contribution is -2.36. The molecule has 1 aliphatic rings. The predicted molar refractivity (Wildman–Crippen MR) is 71.3 cm³/mol. The third-order valence-electron chi connectivity index (χ3n) is 3.03. The Morgan fingerprint density at radius 1 is 1.11 bits per heavy atom. The van der Waals surface area contributed by atoms with E-state index < -0.39 is 0 Å². The summed E-state index contributed by atoms with van der Waals surface area (Å²) in [7, 11) is 0. The van der Waals surface area contributed by atoms with E-state index in [1.54, 1.807) is 6.20 Å². The Kier molecular flexibility index (Phi) is 3.14. The van der Waals surface area contributed by atoms with Gasteiger partial charge in [-0.2, -0.15) is 5.10 Å². The summed E-state index contributed by atoms with van der Waals surface area (Å²) in [6.45, 7) is 3.56. The Balaban J connectivity index is 1.68. The molecule has 1 fully saturated rings. The van der Waals surface area contributed by atoms with Crippen molar-refractivity contribution in [1.82, 2.24) is 10.2 Å². The van der Waals surface area contributed by atoms with Gasteiger partial charge in [0.25, 0.3) is 0 Å². The Labute approximate surface area is 106 Å². The lowest BCUT2D eigenvalue weighted by atomic mass is 10.2. The van der Waals surface area contributed by atoms with Crippen LogP contribution in [0, 0.1) is 0 Å². The molecular formula is C13H16N4O. The van der Waals surface area contributed by atoms with Crippen molar-refractivity contribution in [2.24, 2.45) is 0 Å². The van der Waals surface area contributed by atoms with Crippen molar-refractivity contribution < 1.29 is 4.74 Å². The highest BCUT2D eigenvalue weighted by Crippen LogP contribution is 2.21. The number of ether oxygens (including phenoxy) is 1. The smallest absolute Gasteiger partial charge is 0.0767 e. The fourth-order valence-corrected chi connectivity index (χ4v) is 2.06. The fraction of sp³-hybridized carbons (Fsp3) is 0.308. The van der Waals surface area contributed by atoms with Crippen LogP contribution >= 0.6 is 0 Å². The zero-order valence-corrected chi connectivity index (χ0v) is 10.1. The number of benzene rings is 1. The maximum atomic E-state index is 5.35. The minimum absolute atomic E-state index is 0.815. The minimum atomic E-state index is 0.815. The van der Waals surface area contributed by atoms with Crippen LogP contribution in [0.3, 0.4) is 0 Å². The van der Waals surface area contributed by atoms with Crippen LogP contribution in [0.25, 0.3) is 0 Å². The van der Waals surface area contributed by atoms with Crippen molar-refractivity contribution in [3.05, 3.63) is 36.7 Å². The molecule has 0 bridgehead atoms. The first-order chi connectivity index (χ1) is 8.92. The molecule has 0 radical (unpaired) electrons. The van der Waals surface area contributed by atoms with E-state index in [1.807, 2.05) is 6.20 Å². The number of aromatic nitrogens is 2. The van der Waals surface area contributed by atoms with E-state index in [2.05, 4.69) is 44.7 Å². The number of anilines is 3. The standard InChI is InChI=1S/C13H16N4O/c1-3-13(17-5-7-18-8-6-17)4-2-11(1)16-12-9-14-15-10-12/h1-4,9-10,16H,5-8H2,(H,14,15). The van der Waals surface area contributed by atoms with E-state index in [1.165, 1.54) is 5.69 Å². The molecule has 0 aliphatic carbocycles. The van der Waals surface area contributed by atoms with Gasteiger partial charge in [0.1, 0.15) is 0 Å². The topological polar surface area (TPSA) is 53.2 Å². The zero-order chi connectivity index (χ0) is 12.2. The lowest BCUT2D eigenvalue weighted by molar-refractivity contribution is 0.122. The molecule has 0 unspecified atom stereocenters. The summed E-state index contributed by atoms with van der Waals surface area (Å²) >= 11 is 0. The van der Waals surface area contributed by atoms with Crippen molar-refractivity contribution in [1.29, 1.82) is 0 Å². The van der Waals surface area contributed by atoms with Gasteiger partial charge < -0.3 is 15.0 Å². The van der Waals surface area contributed by atoms with E-state index in [0.29, 0.717) is 0 Å². The molecule has 1 aliphatic heterocycles. The van der Waals surface area contributed by atoms with Crippen molar-refractivity contribution in [2.75, 3.05) is 36.5 Å². The molecular weight excluding hydrogens is 228 g/mol. The number of nitrogens with zero attached hydrogens (tertiary/aromatic N) is 2. The van der Waals surface area contributed by atoms with E-state index >= 15 is 0 Å². The van der Waals surface area contributed by atoms with Crippen LogP contribution in [0.4, 0.5) is 17.1 Å². The number of hydrogen-bond donors (Lipinski definition) is 2. The highest BCUT2D eigenvalue weighted by atomic mass is 16.5. The number of H-pyrrole nitrogens is 1. The molecule has 0 atom stereocenters. The minimum Gasteiger partial charge on any atom is -0.378 e. The molecule has 18 heavy (non-hydrogen) atoms. The highest BCUT2D eigenvalue weighted by molar-refractivity contribution is 5.61. The van der Waals surface area contributed by atoms with Gasteiger partial charge in [-0.3, -0.25) is 5.10 Å². The van der Waals surface area contributed by atoms with Crippen LogP contribution in [0.15, 0.2) is 36.7 Å². The predicted octanol–water partition coefficient (Wildman–Crippen LogP) is 1.99. The second kappa shape index (κ2) is 5.10. The largest absolute Gasteiger partial charge is 0.378 e. The second-order valence-electron chi connectivity index (χ2n) is 4.26. The maximum Gasteiger partial charge on any atom is 0.0767 e. The third-order valence-corrected chi connectivity index (χ3v) is 3.03. The van der Waals surface area contributed by atoms with Crippen molar-refractivity contribution in [3.8, 4) is 0 Å². The molecule has 2 heterocycles. The Bertz CT molecular complexity index is 474. The summed E-state index contributed by atoms with van der Waals surface area (Å²) in [6.07, 6.45) is 3.59. The lowest BCUT2D eigenvalue weighted by Gasteiger charge is -2.28. The number of aromatic amines is 1. The monoisotopic (exact) mass is 244 g/mol.